The Morgan fingerprint density at radius 1 is 1.21 bits per heavy atom. The molecule has 1 atom stereocenters. The van der Waals surface area contributed by atoms with Crippen LogP contribution >= 0.6 is 19.2 Å². The molecular weight excluding hydrogens is 422 g/mol. The summed E-state index contributed by atoms with van der Waals surface area (Å²) in [5.41, 5.74) is 0.172. The predicted octanol–water partition coefficient (Wildman–Crippen LogP) is 5.37. The van der Waals surface area contributed by atoms with Crippen LogP contribution in [0.4, 0.5) is 4.39 Å². The highest BCUT2D eigenvalue weighted by molar-refractivity contribution is 7.54. The number of carbonyl (C=O) groups excluding carboxylic acids is 1. The van der Waals surface area contributed by atoms with Crippen molar-refractivity contribution in [2.45, 2.75) is 19.7 Å². The molecule has 1 aliphatic rings. The summed E-state index contributed by atoms with van der Waals surface area (Å²) in [4.78, 5) is 12.4. The smallest absolute Gasteiger partial charge is 0.375 e. The van der Waals surface area contributed by atoms with Gasteiger partial charge in [0.05, 0.1) is 18.2 Å². The molecule has 1 heterocycles. The lowest BCUT2D eigenvalue weighted by Crippen LogP contribution is -2.31. The minimum Gasteiger partial charge on any atom is -0.480 e. The van der Waals surface area contributed by atoms with E-state index in [1.54, 1.807) is 30.3 Å². The van der Waals surface area contributed by atoms with Crippen molar-refractivity contribution in [2.24, 2.45) is 5.41 Å². The van der Waals surface area contributed by atoms with E-state index in [4.69, 9.17) is 30.1 Å². The van der Waals surface area contributed by atoms with E-state index in [0.29, 0.717) is 5.56 Å². The lowest BCUT2D eigenvalue weighted by molar-refractivity contribution is -0.149. The first-order chi connectivity index (χ1) is 13.7. The summed E-state index contributed by atoms with van der Waals surface area (Å²) >= 11 is 5.88. The van der Waals surface area contributed by atoms with E-state index in [2.05, 4.69) is 0 Å². The van der Waals surface area contributed by atoms with Gasteiger partial charge in [-0.05, 0) is 18.2 Å². The maximum Gasteiger partial charge on any atom is 0.375 e. The highest BCUT2D eigenvalue weighted by Crippen LogP contribution is 2.64. The molecule has 1 saturated heterocycles. The molecular formula is C20H21ClFO6P. The van der Waals surface area contributed by atoms with Gasteiger partial charge in [-0.3, -0.25) is 4.57 Å². The second-order valence-electron chi connectivity index (χ2n) is 7.37. The fourth-order valence-electron chi connectivity index (χ4n) is 2.56. The Bertz CT molecular complexity index is 906. The molecule has 156 valence electrons. The zero-order chi connectivity index (χ0) is 21.1. The lowest BCUT2D eigenvalue weighted by atomic mass is 9.97. The molecule has 0 aromatic heterocycles. The normalized spacial score (nSPS) is 18.6. The van der Waals surface area contributed by atoms with Crippen LogP contribution < -0.4 is 4.74 Å². The largest absolute Gasteiger partial charge is 0.480 e. The Balaban J connectivity index is 1.73. The molecule has 3 rings (SSSR count). The average Bonchev–Trinajstić information content (AvgIpc) is 2.69. The number of halogens is 2. The Morgan fingerprint density at radius 3 is 2.48 bits per heavy atom. The molecule has 1 aliphatic heterocycles. The van der Waals surface area contributed by atoms with Gasteiger partial charge in [-0.1, -0.05) is 55.8 Å². The van der Waals surface area contributed by atoms with Crippen LogP contribution in [0.1, 0.15) is 25.3 Å². The summed E-state index contributed by atoms with van der Waals surface area (Å²) in [6, 6.07) is 12.1. The molecule has 2 aromatic carbocycles. The van der Waals surface area contributed by atoms with Gasteiger partial charge in [-0.15, -0.1) is 0 Å². The number of ether oxygens (including phenoxy) is 2. The van der Waals surface area contributed by atoms with Gasteiger partial charge in [0.15, 0.2) is 6.61 Å². The first-order valence-electron chi connectivity index (χ1n) is 8.90. The van der Waals surface area contributed by atoms with Gasteiger partial charge in [-0.2, -0.15) is 0 Å². The maximum atomic E-state index is 13.3. The van der Waals surface area contributed by atoms with Gasteiger partial charge in [0.2, 0.25) is 5.85 Å². The Labute approximate surface area is 173 Å². The van der Waals surface area contributed by atoms with E-state index in [-0.39, 0.29) is 29.4 Å². The molecule has 29 heavy (non-hydrogen) atoms. The molecule has 0 spiro atoms. The first kappa shape index (κ1) is 21.8. The quantitative estimate of drug-likeness (QED) is 0.442. The molecule has 0 radical (unpaired) electrons. The average molecular weight is 443 g/mol. The van der Waals surface area contributed by atoms with Crippen molar-refractivity contribution in [3.63, 3.8) is 0 Å². The summed E-state index contributed by atoms with van der Waals surface area (Å²) in [6.45, 7) is 3.72. The van der Waals surface area contributed by atoms with Gasteiger partial charge in [-0.25, -0.2) is 9.18 Å². The zero-order valence-electron chi connectivity index (χ0n) is 16.0. The molecule has 6 nitrogen and oxygen atoms in total. The van der Waals surface area contributed by atoms with Gasteiger partial charge < -0.3 is 18.5 Å². The molecule has 0 bridgehead atoms. The van der Waals surface area contributed by atoms with Crippen LogP contribution in [-0.2, 0) is 23.1 Å². The summed E-state index contributed by atoms with van der Waals surface area (Å²) < 4.78 is 48.2. The Kier molecular flexibility index (Phi) is 6.64. The van der Waals surface area contributed by atoms with Crippen LogP contribution in [-0.4, -0.2) is 25.8 Å². The minimum atomic E-state index is -3.77. The molecule has 0 saturated carbocycles. The van der Waals surface area contributed by atoms with Crippen molar-refractivity contribution in [1.82, 2.24) is 0 Å². The predicted molar refractivity (Wildman–Crippen MR) is 105 cm³/mol. The molecule has 9 heteroatoms. The minimum absolute atomic E-state index is 0.0198. The third-order valence-corrected chi connectivity index (χ3v) is 6.38. The van der Waals surface area contributed by atoms with E-state index in [0.717, 1.165) is 12.1 Å². The number of benzene rings is 2. The highest BCUT2D eigenvalue weighted by Gasteiger charge is 2.46. The van der Waals surface area contributed by atoms with E-state index in [1.165, 1.54) is 6.07 Å². The van der Waals surface area contributed by atoms with Crippen LogP contribution in [0.15, 0.2) is 48.5 Å². The molecule has 1 unspecified atom stereocenters. The fourth-order valence-corrected chi connectivity index (χ4v) is 4.97. The summed E-state index contributed by atoms with van der Waals surface area (Å²) in [7, 11) is -3.77. The van der Waals surface area contributed by atoms with E-state index in [9.17, 15) is 13.8 Å². The number of hydrogen-bond donors (Lipinski definition) is 0. The van der Waals surface area contributed by atoms with Crippen LogP contribution in [0.2, 0.25) is 5.02 Å². The van der Waals surface area contributed by atoms with Gasteiger partial charge >= 0.3 is 13.6 Å². The van der Waals surface area contributed by atoms with Gasteiger partial charge in [0.1, 0.15) is 11.6 Å². The van der Waals surface area contributed by atoms with Crippen LogP contribution in [0.25, 0.3) is 0 Å². The zero-order valence-corrected chi connectivity index (χ0v) is 17.6. The highest BCUT2D eigenvalue weighted by atomic mass is 35.5. The number of hydrogen-bond acceptors (Lipinski definition) is 6. The number of rotatable bonds is 6. The maximum absolute atomic E-state index is 13.3. The van der Waals surface area contributed by atoms with Crippen molar-refractivity contribution in [2.75, 3.05) is 19.8 Å². The first-order valence-corrected chi connectivity index (χ1v) is 10.9. The SMILES string of the molecule is CC1(C)COP(=O)(C(OC(=O)COc2ccc(F)cc2Cl)c2ccccc2)OC1. The summed E-state index contributed by atoms with van der Waals surface area (Å²) in [6.07, 6.45) is 0. The van der Waals surface area contributed by atoms with Crippen molar-refractivity contribution in [3.8, 4) is 5.75 Å². The van der Waals surface area contributed by atoms with Crippen LogP contribution in [0.3, 0.4) is 0 Å². The number of esters is 1. The van der Waals surface area contributed by atoms with E-state index < -0.39 is 31.8 Å². The van der Waals surface area contributed by atoms with Crippen molar-refractivity contribution in [1.29, 1.82) is 0 Å². The van der Waals surface area contributed by atoms with Gasteiger partial charge in [0.25, 0.3) is 0 Å². The third-order valence-electron chi connectivity index (χ3n) is 4.12. The summed E-state index contributed by atoms with van der Waals surface area (Å²) in [5.74, 6) is -2.44. The fraction of sp³-hybridized carbons (Fsp3) is 0.350. The topological polar surface area (TPSA) is 71.1 Å². The molecule has 2 aromatic rings. The second kappa shape index (κ2) is 8.84. The molecule has 0 N–H and O–H groups in total. The Morgan fingerprint density at radius 2 is 1.86 bits per heavy atom. The van der Waals surface area contributed by atoms with E-state index >= 15 is 0 Å². The monoisotopic (exact) mass is 442 g/mol. The third kappa shape index (κ3) is 5.58. The second-order valence-corrected chi connectivity index (χ2v) is 9.84. The van der Waals surface area contributed by atoms with Crippen LogP contribution in [0.5, 0.6) is 5.75 Å². The Hall–Kier alpha value is -1.92. The lowest BCUT2D eigenvalue weighted by Gasteiger charge is -2.36. The van der Waals surface area contributed by atoms with Gasteiger partial charge in [0, 0.05) is 11.0 Å². The van der Waals surface area contributed by atoms with Crippen LogP contribution in [0, 0.1) is 11.2 Å². The standard InChI is InChI=1S/C20H21ClFO6P/c1-20(2)12-26-29(24,27-13-20)19(14-6-4-3-5-7-14)28-18(23)11-25-17-9-8-15(22)10-16(17)21/h3-10,19H,11-13H2,1-2H3. The van der Waals surface area contributed by atoms with Crippen molar-refractivity contribution in [3.05, 3.63) is 64.9 Å². The molecule has 0 amide bonds. The van der Waals surface area contributed by atoms with Crippen molar-refractivity contribution >= 4 is 25.2 Å². The molecule has 0 aliphatic carbocycles. The summed E-state index contributed by atoms with van der Waals surface area (Å²) in [5, 5.41) is 0.0198. The number of carbonyl (C=O) groups is 1. The molecule has 1 fully saturated rings. The van der Waals surface area contributed by atoms with Crippen molar-refractivity contribution < 1.29 is 32.3 Å². The van der Waals surface area contributed by atoms with E-state index in [1.807, 2.05) is 13.8 Å².